The molecule has 3 N–H and O–H groups in total. The number of nitrogens with one attached hydrogen (secondary N) is 3. The lowest BCUT2D eigenvalue weighted by molar-refractivity contribution is -0.111. The van der Waals surface area contributed by atoms with Crippen molar-refractivity contribution in [1.82, 2.24) is 25.2 Å². The number of amides is 1. The van der Waals surface area contributed by atoms with E-state index in [1.54, 1.807) is 18.4 Å². The highest BCUT2D eigenvalue weighted by atomic mass is 32.1. The fourth-order valence-corrected chi connectivity index (χ4v) is 5.26. The van der Waals surface area contributed by atoms with Crippen molar-refractivity contribution in [3.8, 4) is 17.0 Å². The van der Waals surface area contributed by atoms with E-state index in [2.05, 4.69) is 74.4 Å². The summed E-state index contributed by atoms with van der Waals surface area (Å²) in [7, 11) is 5.74. The van der Waals surface area contributed by atoms with Crippen LogP contribution in [-0.2, 0) is 4.79 Å². The van der Waals surface area contributed by atoms with Crippen LogP contribution in [0.15, 0.2) is 55.4 Å². The van der Waals surface area contributed by atoms with Crippen LogP contribution in [0, 0.1) is 6.92 Å². The van der Waals surface area contributed by atoms with Gasteiger partial charge >= 0.3 is 0 Å². The molecule has 0 fully saturated rings. The van der Waals surface area contributed by atoms with Crippen molar-refractivity contribution in [2.24, 2.45) is 0 Å². The molecule has 2 aromatic heterocycles. The fourth-order valence-electron chi connectivity index (χ4n) is 4.39. The third kappa shape index (κ3) is 7.78. The normalized spacial score (nSPS) is 11.1. The molecule has 2 aromatic carbocycles. The second kappa shape index (κ2) is 14.0. The molecule has 10 nitrogen and oxygen atoms in total. The number of hydrogen-bond acceptors (Lipinski definition) is 10. The van der Waals surface area contributed by atoms with Gasteiger partial charge in [-0.2, -0.15) is 0 Å². The Bertz CT molecular complexity index is 1500. The molecule has 0 bridgehead atoms. The molecular weight excluding hydrogens is 536 g/mol. The van der Waals surface area contributed by atoms with Gasteiger partial charge in [0.2, 0.25) is 5.91 Å². The minimum atomic E-state index is -0.291. The molecule has 11 heteroatoms. The first-order chi connectivity index (χ1) is 19.8. The monoisotopic (exact) mass is 574 g/mol. The molecule has 2 heterocycles. The summed E-state index contributed by atoms with van der Waals surface area (Å²) >= 11 is 1.66. The number of thiazole rings is 1. The quantitative estimate of drug-likeness (QED) is 0.143. The van der Waals surface area contributed by atoms with Crippen LogP contribution in [0.4, 0.5) is 22.9 Å². The van der Waals surface area contributed by atoms with Crippen LogP contribution >= 0.6 is 11.3 Å². The smallest absolute Gasteiger partial charge is 0.247 e. The number of likely N-dealkylation sites (N-methyl/N-ethyl adjacent to an activating group) is 2. The van der Waals surface area contributed by atoms with E-state index in [1.807, 2.05) is 37.3 Å². The zero-order chi connectivity index (χ0) is 29.4. The first-order valence-electron chi connectivity index (χ1n) is 13.5. The molecular formula is C30H38N8O2S. The molecule has 0 saturated carbocycles. The number of aryl methyl sites for hydroxylation is 1. The minimum absolute atomic E-state index is 0.291. The lowest BCUT2D eigenvalue weighted by Crippen LogP contribution is -2.35. The average Bonchev–Trinajstić information content (AvgIpc) is 3.34. The number of anilines is 4. The van der Waals surface area contributed by atoms with Crippen LogP contribution in [-0.4, -0.2) is 79.7 Å². The van der Waals surface area contributed by atoms with Crippen molar-refractivity contribution in [3.63, 3.8) is 0 Å². The third-order valence-corrected chi connectivity index (χ3v) is 7.43. The van der Waals surface area contributed by atoms with E-state index in [4.69, 9.17) is 4.74 Å². The number of fused-ring (bicyclic) bond motifs is 1. The van der Waals surface area contributed by atoms with E-state index in [1.165, 1.54) is 12.4 Å². The third-order valence-electron chi connectivity index (χ3n) is 6.50. The van der Waals surface area contributed by atoms with Crippen LogP contribution in [0.2, 0.25) is 0 Å². The van der Waals surface area contributed by atoms with Gasteiger partial charge in [-0.3, -0.25) is 4.79 Å². The van der Waals surface area contributed by atoms with Gasteiger partial charge in [0.25, 0.3) is 0 Å². The van der Waals surface area contributed by atoms with Gasteiger partial charge in [-0.25, -0.2) is 15.0 Å². The summed E-state index contributed by atoms with van der Waals surface area (Å²) in [5, 5.41) is 10.8. The summed E-state index contributed by atoms with van der Waals surface area (Å²) in [5.41, 5.74) is 4.91. The molecule has 0 unspecified atom stereocenters. The van der Waals surface area contributed by atoms with Crippen LogP contribution in [0.5, 0.6) is 5.75 Å². The molecule has 0 atom stereocenters. The maximum absolute atomic E-state index is 12.4. The van der Waals surface area contributed by atoms with Gasteiger partial charge in [0.05, 0.1) is 45.1 Å². The number of nitrogens with zero attached hydrogens (tertiary/aromatic N) is 5. The molecule has 0 saturated heterocycles. The van der Waals surface area contributed by atoms with Crippen LogP contribution in [0.3, 0.4) is 0 Å². The Kier molecular flexibility index (Phi) is 10.2. The topological polar surface area (TPSA) is 108 Å². The van der Waals surface area contributed by atoms with Crippen molar-refractivity contribution < 1.29 is 9.53 Å². The van der Waals surface area contributed by atoms with Crippen LogP contribution < -0.4 is 25.6 Å². The molecule has 41 heavy (non-hydrogen) atoms. The number of hydrogen-bond donors (Lipinski definition) is 3. The van der Waals surface area contributed by atoms with E-state index in [0.29, 0.717) is 22.9 Å². The van der Waals surface area contributed by atoms with Crippen LogP contribution in [0.25, 0.3) is 21.5 Å². The summed E-state index contributed by atoms with van der Waals surface area (Å²) in [5.74, 6) is 0.929. The maximum Gasteiger partial charge on any atom is 0.247 e. The van der Waals surface area contributed by atoms with E-state index in [0.717, 1.165) is 64.9 Å². The van der Waals surface area contributed by atoms with Gasteiger partial charge < -0.3 is 30.5 Å². The zero-order valence-corrected chi connectivity index (χ0v) is 25.1. The molecule has 0 aliphatic carbocycles. The molecule has 4 rings (SSSR count). The van der Waals surface area contributed by atoms with Crippen molar-refractivity contribution in [3.05, 3.63) is 60.4 Å². The highest BCUT2D eigenvalue weighted by Crippen LogP contribution is 2.38. The summed E-state index contributed by atoms with van der Waals surface area (Å²) in [4.78, 5) is 30.2. The van der Waals surface area contributed by atoms with Gasteiger partial charge in [-0.1, -0.05) is 12.6 Å². The largest absolute Gasteiger partial charge is 0.494 e. The minimum Gasteiger partial charge on any atom is -0.494 e. The second-order valence-corrected chi connectivity index (χ2v) is 11.0. The van der Waals surface area contributed by atoms with Crippen molar-refractivity contribution in [2.45, 2.75) is 13.8 Å². The Hall–Kier alpha value is -4.06. The van der Waals surface area contributed by atoms with E-state index in [-0.39, 0.29) is 5.91 Å². The SMILES string of the molecule is C=CC(=O)Nc1cc(Nc2cc(-c3ccc4nc(C)sc4c3)ncn2)c(OC)cc1N(CC)CCNCCN(C)C. The van der Waals surface area contributed by atoms with Crippen LogP contribution in [0.1, 0.15) is 11.9 Å². The zero-order valence-electron chi connectivity index (χ0n) is 24.3. The number of methoxy groups -OCH3 is 1. The molecule has 1 amide bonds. The first kappa shape index (κ1) is 29.9. The number of aromatic nitrogens is 3. The summed E-state index contributed by atoms with van der Waals surface area (Å²) < 4.78 is 6.89. The number of carbonyl (C=O) groups excluding carboxylic acids is 1. The van der Waals surface area contributed by atoms with Crippen molar-refractivity contribution in [2.75, 3.05) is 69.5 Å². The van der Waals surface area contributed by atoms with Gasteiger partial charge in [-0.15, -0.1) is 11.3 Å². The molecule has 0 spiro atoms. The van der Waals surface area contributed by atoms with Gasteiger partial charge in [0.15, 0.2) is 0 Å². The van der Waals surface area contributed by atoms with Gasteiger partial charge in [0, 0.05) is 50.4 Å². The molecule has 216 valence electrons. The Balaban J connectivity index is 1.61. The van der Waals surface area contributed by atoms with Crippen molar-refractivity contribution >= 4 is 50.3 Å². The Morgan fingerprint density at radius 3 is 2.63 bits per heavy atom. The number of ether oxygens (including phenoxy) is 1. The Morgan fingerprint density at radius 1 is 1.10 bits per heavy atom. The number of rotatable bonds is 14. The number of benzene rings is 2. The van der Waals surface area contributed by atoms with E-state index >= 15 is 0 Å². The average molecular weight is 575 g/mol. The predicted octanol–water partition coefficient (Wildman–Crippen LogP) is 4.92. The fraction of sp³-hybridized carbons (Fsp3) is 0.333. The molecule has 0 aliphatic heterocycles. The highest BCUT2D eigenvalue weighted by molar-refractivity contribution is 7.18. The summed E-state index contributed by atoms with van der Waals surface area (Å²) in [6.45, 7) is 11.9. The highest BCUT2D eigenvalue weighted by Gasteiger charge is 2.17. The van der Waals surface area contributed by atoms with Gasteiger partial charge in [0.1, 0.15) is 17.9 Å². The molecule has 0 radical (unpaired) electrons. The van der Waals surface area contributed by atoms with Crippen molar-refractivity contribution in [1.29, 1.82) is 0 Å². The predicted molar refractivity (Wildman–Crippen MR) is 170 cm³/mol. The second-order valence-electron chi connectivity index (χ2n) is 9.72. The lowest BCUT2D eigenvalue weighted by atomic mass is 10.1. The summed E-state index contributed by atoms with van der Waals surface area (Å²) in [6.07, 6.45) is 2.79. The Morgan fingerprint density at radius 2 is 1.90 bits per heavy atom. The van der Waals surface area contributed by atoms with E-state index in [9.17, 15) is 4.79 Å². The number of carbonyl (C=O) groups is 1. The standard InChI is InChI=1S/C30H38N8O2S/c1-7-30(39)36-24-16-25(27(40-6)18-26(24)38(8-2)14-12-31-11-13-37(4)5)35-29-17-23(32-19-33-29)21-9-10-22-28(15-21)41-20(3)34-22/h7,9-10,15-19,31H,1,8,11-14H2,2-6H3,(H,36,39)(H,32,33,35). The first-order valence-corrected chi connectivity index (χ1v) is 14.4. The van der Waals surface area contributed by atoms with Gasteiger partial charge in [-0.05, 0) is 52.2 Å². The Labute approximate surface area is 245 Å². The molecule has 0 aliphatic rings. The molecule has 4 aromatic rings. The maximum atomic E-state index is 12.4. The lowest BCUT2D eigenvalue weighted by Gasteiger charge is -2.27. The van der Waals surface area contributed by atoms with E-state index < -0.39 is 0 Å². The summed E-state index contributed by atoms with van der Waals surface area (Å²) in [6, 6.07) is 11.8.